The van der Waals surface area contributed by atoms with E-state index in [9.17, 15) is 4.39 Å². The van der Waals surface area contributed by atoms with Crippen LogP contribution in [0.5, 0.6) is 0 Å². The Balaban J connectivity index is 2.39. The highest BCUT2D eigenvalue weighted by atomic mass is 19.1. The van der Waals surface area contributed by atoms with Crippen molar-refractivity contribution < 1.29 is 9.13 Å². The zero-order valence-corrected chi connectivity index (χ0v) is 6.01. The average Bonchev–Trinajstić information content (AvgIpc) is 1.88. The Morgan fingerprint density at radius 3 is 3.20 bits per heavy atom. The number of rotatable bonds is 2. The van der Waals surface area contributed by atoms with Crippen molar-refractivity contribution in [2.45, 2.75) is 19.4 Å². The van der Waals surface area contributed by atoms with Crippen molar-refractivity contribution in [3.05, 3.63) is 24.1 Å². The molecule has 0 aromatic carbocycles. The highest BCUT2D eigenvalue weighted by molar-refractivity contribution is 5.16. The zero-order valence-electron chi connectivity index (χ0n) is 6.01. The molecule has 0 fully saturated rings. The van der Waals surface area contributed by atoms with Crippen LogP contribution < -0.4 is 0 Å². The van der Waals surface area contributed by atoms with Gasteiger partial charge >= 0.3 is 0 Å². The number of hydrogen-bond donors (Lipinski definition) is 0. The van der Waals surface area contributed by atoms with E-state index < -0.39 is 0 Å². The van der Waals surface area contributed by atoms with Gasteiger partial charge in [0.1, 0.15) is 5.83 Å². The second-order valence-corrected chi connectivity index (χ2v) is 2.20. The second-order valence-electron chi connectivity index (χ2n) is 2.20. The van der Waals surface area contributed by atoms with Crippen LogP contribution in [0.1, 0.15) is 13.3 Å². The lowest BCUT2D eigenvalue weighted by Gasteiger charge is -2.13. The standard InChI is InChI=1S/C8H11FO/c1-2-10-8-5-3-4-7(9)6-8/h3-5,8H,2,6H2,1H3. The van der Waals surface area contributed by atoms with E-state index in [1.807, 2.05) is 13.0 Å². The lowest BCUT2D eigenvalue weighted by molar-refractivity contribution is 0.0917. The number of ether oxygens (including phenoxy) is 1. The van der Waals surface area contributed by atoms with E-state index in [1.54, 1.807) is 6.08 Å². The zero-order chi connectivity index (χ0) is 7.40. The Hall–Kier alpha value is -0.630. The lowest BCUT2D eigenvalue weighted by atomic mass is 10.1. The Kier molecular flexibility index (Phi) is 2.63. The van der Waals surface area contributed by atoms with E-state index >= 15 is 0 Å². The van der Waals surface area contributed by atoms with Crippen LogP contribution in [-0.2, 0) is 4.74 Å². The monoisotopic (exact) mass is 142 g/mol. The van der Waals surface area contributed by atoms with Crippen molar-refractivity contribution in [1.82, 2.24) is 0 Å². The molecule has 0 aromatic rings. The molecule has 0 radical (unpaired) electrons. The van der Waals surface area contributed by atoms with Gasteiger partial charge < -0.3 is 4.74 Å². The first-order valence-corrected chi connectivity index (χ1v) is 3.47. The van der Waals surface area contributed by atoms with Crippen LogP contribution in [0, 0.1) is 0 Å². The number of allylic oxidation sites excluding steroid dienone is 2. The minimum atomic E-state index is -0.0963. The smallest absolute Gasteiger partial charge is 0.103 e. The SMILES string of the molecule is CCOC1C=CC=C(F)C1. The topological polar surface area (TPSA) is 9.23 Å². The van der Waals surface area contributed by atoms with Gasteiger partial charge in [-0.05, 0) is 13.0 Å². The van der Waals surface area contributed by atoms with E-state index in [4.69, 9.17) is 4.74 Å². The summed E-state index contributed by atoms with van der Waals surface area (Å²) in [5.74, 6) is -0.0963. The Labute approximate surface area is 60.2 Å². The Bertz CT molecular complexity index is 161. The van der Waals surface area contributed by atoms with Crippen LogP contribution in [-0.4, -0.2) is 12.7 Å². The van der Waals surface area contributed by atoms with Gasteiger partial charge in [-0.2, -0.15) is 0 Å². The van der Waals surface area contributed by atoms with Crippen molar-refractivity contribution in [3.8, 4) is 0 Å². The first-order chi connectivity index (χ1) is 4.83. The molecule has 2 heteroatoms. The molecular formula is C8H11FO. The third kappa shape index (κ3) is 1.95. The molecule has 1 aliphatic carbocycles. The molecule has 0 saturated heterocycles. The summed E-state index contributed by atoms with van der Waals surface area (Å²) in [4.78, 5) is 0. The first kappa shape index (κ1) is 7.48. The molecule has 0 amide bonds. The van der Waals surface area contributed by atoms with Gasteiger partial charge in [0.2, 0.25) is 0 Å². The number of hydrogen-bond acceptors (Lipinski definition) is 1. The fourth-order valence-corrected chi connectivity index (χ4v) is 0.941. The fourth-order valence-electron chi connectivity index (χ4n) is 0.941. The summed E-state index contributed by atoms with van der Waals surface area (Å²) in [6.45, 7) is 2.55. The molecule has 0 aliphatic heterocycles. The van der Waals surface area contributed by atoms with E-state index in [0.717, 1.165) is 0 Å². The summed E-state index contributed by atoms with van der Waals surface area (Å²) in [5, 5.41) is 0. The van der Waals surface area contributed by atoms with Crippen LogP contribution in [0.2, 0.25) is 0 Å². The van der Waals surface area contributed by atoms with Gasteiger partial charge in [0.25, 0.3) is 0 Å². The molecule has 0 aromatic heterocycles. The molecule has 0 N–H and O–H groups in total. The van der Waals surface area contributed by atoms with Crippen LogP contribution in [0.25, 0.3) is 0 Å². The maximum absolute atomic E-state index is 12.5. The van der Waals surface area contributed by atoms with E-state index in [2.05, 4.69) is 0 Å². The third-order valence-corrected chi connectivity index (χ3v) is 1.38. The summed E-state index contributed by atoms with van der Waals surface area (Å²) in [6.07, 6.45) is 5.38. The molecule has 1 nitrogen and oxygen atoms in total. The molecule has 0 bridgehead atoms. The van der Waals surface area contributed by atoms with Gasteiger partial charge in [-0.25, -0.2) is 4.39 Å². The molecule has 1 rings (SSSR count). The molecule has 0 spiro atoms. The van der Waals surface area contributed by atoms with Crippen LogP contribution in [0.15, 0.2) is 24.1 Å². The number of halogens is 1. The Morgan fingerprint density at radius 1 is 1.80 bits per heavy atom. The fraction of sp³-hybridized carbons (Fsp3) is 0.500. The third-order valence-electron chi connectivity index (χ3n) is 1.38. The summed E-state index contributed by atoms with van der Waals surface area (Å²) in [5.41, 5.74) is 0. The summed E-state index contributed by atoms with van der Waals surface area (Å²) in [7, 11) is 0. The van der Waals surface area contributed by atoms with Crippen LogP contribution in [0.3, 0.4) is 0 Å². The van der Waals surface area contributed by atoms with Crippen molar-refractivity contribution in [2.24, 2.45) is 0 Å². The minimum Gasteiger partial charge on any atom is -0.374 e. The van der Waals surface area contributed by atoms with Crippen LogP contribution >= 0.6 is 0 Å². The van der Waals surface area contributed by atoms with Gasteiger partial charge in [0.15, 0.2) is 0 Å². The molecule has 1 unspecified atom stereocenters. The van der Waals surface area contributed by atoms with E-state index in [-0.39, 0.29) is 11.9 Å². The molecule has 10 heavy (non-hydrogen) atoms. The molecule has 0 saturated carbocycles. The van der Waals surface area contributed by atoms with Gasteiger partial charge in [0, 0.05) is 13.0 Å². The maximum Gasteiger partial charge on any atom is 0.103 e. The highest BCUT2D eigenvalue weighted by Gasteiger charge is 2.09. The molecule has 0 heterocycles. The predicted molar refractivity (Wildman–Crippen MR) is 38.4 cm³/mol. The lowest BCUT2D eigenvalue weighted by Crippen LogP contribution is -2.11. The molecule has 56 valence electrons. The molecule has 1 atom stereocenters. The van der Waals surface area contributed by atoms with Crippen molar-refractivity contribution in [2.75, 3.05) is 6.61 Å². The molecule has 1 aliphatic rings. The minimum absolute atomic E-state index is 0.0463. The van der Waals surface area contributed by atoms with Crippen molar-refractivity contribution in [1.29, 1.82) is 0 Å². The first-order valence-electron chi connectivity index (χ1n) is 3.47. The van der Waals surface area contributed by atoms with Gasteiger partial charge in [-0.1, -0.05) is 12.2 Å². The van der Waals surface area contributed by atoms with E-state index in [1.165, 1.54) is 6.08 Å². The Morgan fingerprint density at radius 2 is 2.60 bits per heavy atom. The maximum atomic E-state index is 12.5. The van der Waals surface area contributed by atoms with Crippen molar-refractivity contribution in [3.63, 3.8) is 0 Å². The largest absolute Gasteiger partial charge is 0.374 e. The van der Waals surface area contributed by atoms with E-state index in [0.29, 0.717) is 13.0 Å². The summed E-state index contributed by atoms with van der Waals surface area (Å²) in [6, 6.07) is 0. The van der Waals surface area contributed by atoms with Crippen LogP contribution in [0.4, 0.5) is 4.39 Å². The normalized spacial score (nSPS) is 24.6. The van der Waals surface area contributed by atoms with Gasteiger partial charge in [-0.15, -0.1) is 0 Å². The second kappa shape index (κ2) is 3.52. The highest BCUT2D eigenvalue weighted by Crippen LogP contribution is 2.15. The molecular weight excluding hydrogens is 131 g/mol. The van der Waals surface area contributed by atoms with Crippen molar-refractivity contribution >= 4 is 0 Å². The summed E-state index contributed by atoms with van der Waals surface area (Å²) >= 11 is 0. The van der Waals surface area contributed by atoms with Gasteiger partial charge in [-0.3, -0.25) is 0 Å². The average molecular weight is 142 g/mol. The van der Waals surface area contributed by atoms with Gasteiger partial charge in [0.05, 0.1) is 6.10 Å². The summed E-state index contributed by atoms with van der Waals surface area (Å²) < 4.78 is 17.7. The quantitative estimate of drug-likeness (QED) is 0.574. The predicted octanol–water partition coefficient (Wildman–Crippen LogP) is 2.20.